The second-order valence-electron chi connectivity index (χ2n) is 4.15. The van der Waals surface area contributed by atoms with Gasteiger partial charge in [0.1, 0.15) is 0 Å². The largest absolute Gasteiger partial charge is 0.365 e. The molecule has 0 aliphatic heterocycles. The molecule has 78 valence electrons. The van der Waals surface area contributed by atoms with E-state index in [9.17, 15) is 5.11 Å². The standard InChI is InChI=1S/C13H15NO/c1-3-13(2,15)14-12-9-8-10-6-4-5-7-11(10)12/h1,4-7,12,14-15H,8-9H2,2H3. The van der Waals surface area contributed by atoms with Gasteiger partial charge in [-0.1, -0.05) is 30.2 Å². The van der Waals surface area contributed by atoms with Crippen LogP contribution in [0, 0.1) is 12.3 Å². The molecule has 1 aromatic carbocycles. The number of benzene rings is 1. The molecule has 2 unspecified atom stereocenters. The van der Waals surface area contributed by atoms with Gasteiger partial charge in [-0.05, 0) is 30.9 Å². The molecule has 2 nitrogen and oxygen atoms in total. The van der Waals surface area contributed by atoms with Crippen LogP contribution in [0.1, 0.15) is 30.5 Å². The van der Waals surface area contributed by atoms with Gasteiger partial charge in [-0.2, -0.15) is 0 Å². The van der Waals surface area contributed by atoms with Crippen LogP contribution in [-0.2, 0) is 6.42 Å². The zero-order valence-corrected chi connectivity index (χ0v) is 8.83. The van der Waals surface area contributed by atoms with Crippen molar-refractivity contribution in [3.63, 3.8) is 0 Å². The summed E-state index contributed by atoms with van der Waals surface area (Å²) in [6.45, 7) is 1.61. The molecule has 0 saturated carbocycles. The first-order chi connectivity index (χ1) is 7.12. The molecule has 2 heteroatoms. The Morgan fingerprint density at radius 2 is 2.27 bits per heavy atom. The third-order valence-electron chi connectivity index (χ3n) is 2.87. The predicted molar refractivity (Wildman–Crippen MR) is 60.1 cm³/mol. The van der Waals surface area contributed by atoms with Gasteiger partial charge in [-0.15, -0.1) is 6.42 Å². The van der Waals surface area contributed by atoms with Crippen molar-refractivity contribution in [2.75, 3.05) is 0 Å². The molecule has 1 aromatic rings. The van der Waals surface area contributed by atoms with Crippen LogP contribution in [0.5, 0.6) is 0 Å². The molecule has 0 radical (unpaired) electrons. The molecule has 0 saturated heterocycles. The zero-order valence-electron chi connectivity index (χ0n) is 8.83. The van der Waals surface area contributed by atoms with Crippen molar-refractivity contribution in [2.45, 2.75) is 31.5 Å². The molecular weight excluding hydrogens is 186 g/mol. The number of terminal acetylenes is 1. The Bertz CT molecular complexity index is 403. The maximum atomic E-state index is 9.76. The minimum absolute atomic E-state index is 0.173. The summed E-state index contributed by atoms with van der Waals surface area (Å²) >= 11 is 0. The first kappa shape index (κ1) is 10.2. The molecule has 2 atom stereocenters. The Morgan fingerprint density at radius 1 is 1.53 bits per heavy atom. The third-order valence-corrected chi connectivity index (χ3v) is 2.87. The van der Waals surface area contributed by atoms with Gasteiger partial charge >= 0.3 is 0 Å². The normalized spacial score (nSPS) is 22.9. The molecule has 1 aliphatic rings. The molecule has 0 aromatic heterocycles. The highest BCUT2D eigenvalue weighted by Crippen LogP contribution is 2.31. The maximum Gasteiger partial charge on any atom is 0.176 e. The van der Waals surface area contributed by atoms with Crippen LogP contribution in [0.2, 0.25) is 0 Å². The average molecular weight is 201 g/mol. The van der Waals surface area contributed by atoms with E-state index in [1.807, 2.05) is 12.1 Å². The van der Waals surface area contributed by atoms with Gasteiger partial charge in [-0.3, -0.25) is 5.32 Å². The molecule has 1 aliphatic carbocycles. The van der Waals surface area contributed by atoms with E-state index < -0.39 is 5.72 Å². The maximum absolute atomic E-state index is 9.76. The zero-order chi connectivity index (χ0) is 10.9. The first-order valence-corrected chi connectivity index (χ1v) is 5.18. The summed E-state index contributed by atoms with van der Waals surface area (Å²) in [5.74, 6) is 2.34. The van der Waals surface area contributed by atoms with Crippen molar-refractivity contribution in [1.29, 1.82) is 0 Å². The number of aryl methyl sites for hydroxylation is 1. The Kier molecular flexibility index (Phi) is 2.52. The van der Waals surface area contributed by atoms with E-state index in [1.54, 1.807) is 6.92 Å². The minimum Gasteiger partial charge on any atom is -0.365 e. The summed E-state index contributed by atoms with van der Waals surface area (Å²) in [7, 11) is 0. The summed E-state index contributed by atoms with van der Waals surface area (Å²) in [4.78, 5) is 0. The number of hydrogen-bond acceptors (Lipinski definition) is 2. The van der Waals surface area contributed by atoms with Crippen LogP contribution in [0.15, 0.2) is 24.3 Å². The highest BCUT2D eigenvalue weighted by molar-refractivity contribution is 5.34. The summed E-state index contributed by atoms with van der Waals surface area (Å²) in [5.41, 5.74) is 1.39. The number of aliphatic hydroxyl groups is 1. The van der Waals surface area contributed by atoms with E-state index >= 15 is 0 Å². The smallest absolute Gasteiger partial charge is 0.176 e. The fraction of sp³-hybridized carbons (Fsp3) is 0.385. The molecule has 2 rings (SSSR count). The topological polar surface area (TPSA) is 32.3 Å². The van der Waals surface area contributed by atoms with E-state index in [2.05, 4.69) is 23.4 Å². The summed E-state index contributed by atoms with van der Waals surface area (Å²) in [6.07, 6.45) is 7.29. The van der Waals surface area contributed by atoms with Crippen LogP contribution in [-0.4, -0.2) is 10.8 Å². The van der Waals surface area contributed by atoms with Gasteiger partial charge in [0, 0.05) is 6.04 Å². The van der Waals surface area contributed by atoms with Crippen LogP contribution < -0.4 is 5.32 Å². The molecule has 0 amide bonds. The molecule has 0 heterocycles. The molecule has 15 heavy (non-hydrogen) atoms. The molecular formula is C13H15NO. The van der Waals surface area contributed by atoms with Crippen LogP contribution in [0.4, 0.5) is 0 Å². The Balaban J connectivity index is 2.19. The second-order valence-corrected chi connectivity index (χ2v) is 4.15. The Morgan fingerprint density at radius 3 is 3.00 bits per heavy atom. The lowest BCUT2D eigenvalue weighted by Gasteiger charge is -2.24. The molecule has 2 N–H and O–H groups in total. The molecule has 0 fully saturated rings. The number of rotatable bonds is 2. The van der Waals surface area contributed by atoms with Crippen LogP contribution in [0.3, 0.4) is 0 Å². The van der Waals surface area contributed by atoms with E-state index in [4.69, 9.17) is 6.42 Å². The Hall–Kier alpha value is -1.30. The van der Waals surface area contributed by atoms with E-state index in [-0.39, 0.29) is 6.04 Å². The van der Waals surface area contributed by atoms with Crippen molar-refractivity contribution in [3.05, 3.63) is 35.4 Å². The predicted octanol–water partition coefficient (Wildman–Crippen LogP) is 1.61. The van der Waals surface area contributed by atoms with E-state index in [0.717, 1.165) is 12.8 Å². The lowest BCUT2D eigenvalue weighted by atomic mass is 10.1. The van der Waals surface area contributed by atoms with Crippen LogP contribution in [0.25, 0.3) is 0 Å². The van der Waals surface area contributed by atoms with E-state index in [1.165, 1.54) is 11.1 Å². The van der Waals surface area contributed by atoms with Gasteiger partial charge < -0.3 is 5.11 Å². The van der Waals surface area contributed by atoms with Gasteiger partial charge in [0.2, 0.25) is 0 Å². The van der Waals surface area contributed by atoms with Crippen molar-refractivity contribution >= 4 is 0 Å². The third kappa shape index (κ3) is 2.04. The fourth-order valence-corrected chi connectivity index (χ4v) is 2.09. The molecule has 0 bridgehead atoms. The minimum atomic E-state index is -1.22. The highest BCUT2D eigenvalue weighted by Gasteiger charge is 2.27. The summed E-state index contributed by atoms with van der Waals surface area (Å²) < 4.78 is 0. The van der Waals surface area contributed by atoms with Gasteiger partial charge in [0.05, 0.1) is 0 Å². The van der Waals surface area contributed by atoms with E-state index in [0.29, 0.717) is 0 Å². The van der Waals surface area contributed by atoms with Gasteiger partial charge in [0.25, 0.3) is 0 Å². The summed E-state index contributed by atoms with van der Waals surface area (Å²) in [5, 5.41) is 12.8. The van der Waals surface area contributed by atoms with Crippen molar-refractivity contribution in [3.8, 4) is 12.3 Å². The number of fused-ring (bicyclic) bond motifs is 1. The van der Waals surface area contributed by atoms with Crippen LogP contribution >= 0.6 is 0 Å². The second kappa shape index (κ2) is 3.69. The molecule has 0 spiro atoms. The van der Waals surface area contributed by atoms with Gasteiger partial charge in [0.15, 0.2) is 5.72 Å². The van der Waals surface area contributed by atoms with Crippen molar-refractivity contribution < 1.29 is 5.11 Å². The monoisotopic (exact) mass is 201 g/mol. The van der Waals surface area contributed by atoms with Crippen molar-refractivity contribution in [2.24, 2.45) is 0 Å². The first-order valence-electron chi connectivity index (χ1n) is 5.18. The van der Waals surface area contributed by atoms with Gasteiger partial charge in [-0.25, -0.2) is 0 Å². The SMILES string of the molecule is C#CC(C)(O)NC1CCc2ccccc21. The lowest BCUT2D eigenvalue weighted by molar-refractivity contribution is 0.0701. The van der Waals surface area contributed by atoms with Crippen molar-refractivity contribution in [1.82, 2.24) is 5.32 Å². The highest BCUT2D eigenvalue weighted by atomic mass is 16.3. The fourth-order valence-electron chi connectivity index (χ4n) is 2.09. The quantitative estimate of drug-likeness (QED) is 0.563. The number of hydrogen-bond donors (Lipinski definition) is 2. The Labute approximate surface area is 90.3 Å². The number of nitrogens with one attached hydrogen (secondary N) is 1. The summed E-state index contributed by atoms with van der Waals surface area (Å²) in [6, 6.07) is 8.45. The average Bonchev–Trinajstić information content (AvgIpc) is 2.62. The lowest BCUT2D eigenvalue weighted by Crippen LogP contribution is -2.42.